The van der Waals surface area contributed by atoms with Crippen molar-refractivity contribution in [1.29, 1.82) is 0 Å². The maximum absolute atomic E-state index is 5.89. The highest BCUT2D eigenvalue weighted by Crippen LogP contribution is 2.28. The van der Waals surface area contributed by atoms with Crippen molar-refractivity contribution in [3.05, 3.63) is 0 Å². The van der Waals surface area contributed by atoms with Gasteiger partial charge in [0.15, 0.2) is 0 Å². The van der Waals surface area contributed by atoms with Crippen LogP contribution in [-0.4, -0.2) is 19.6 Å². The molecule has 1 rings (SSSR count). The molecule has 3 atom stereocenters. The summed E-state index contributed by atoms with van der Waals surface area (Å²) in [4.78, 5) is 0. The van der Waals surface area contributed by atoms with Gasteiger partial charge in [-0.25, -0.2) is 0 Å². The Morgan fingerprint density at radius 3 is 2.50 bits per heavy atom. The third-order valence-electron chi connectivity index (χ3n) is 4.75. The Labute approximate surface area is 114 Å². The lowest BCUT2D eigenvalue weighted by Gasteiger charge is -2.31. The van der Waals surface area contributed by atoms with Crippen molar-refractivity contribution in [2.45, 2.75) is 65.2 Å². The van der Waals surface area contributed by atoms with E-state index in [1.165, 1.54) is 64.5 Å². The van der Waals surface area contributed by atoms with Crippen LogP contribution in [-0.2, 0) is 0 Å². The highest BCUT2D eigenvalue weighted by atomic mass is 14.9. The van der Waals surface area contributed by atoms with E-state index in [4.69, 9.17) is 5.73 Å². The molecule has 2 nitrogen and oxygen atoms in total. The molecule has 3 N–H and O–H groups in total. The predicted molar refractivity (Wildman–Crippen MR) is 80.7 cm³/mol. The molecule has 0 bridgehead atoms. The Kier molecular flexibility index (Phi) is 8.70. The van der Waals surface area contributed by atoms with E-state index < -0.39 is 0 Å². The molecule has 0 radical (unpaired) electrons. The summed E-state index contributed by atoms with van der Waals surface area (Å²) in [6, 6.07) is 0. The van der Waals surface area contributed by atoms with E-state index in [0.717, 1.165) is 24.3 Å². The summed E-state index contributed by atoms with van der Waals surface area (Å²) in [6.07, 6.45) is 11.0. The number of hydrogen-bond acceptors (Lipinski definition) is 2. The van der Waals surface area contributed by atoms with Gasteiger partial charge >= 0.3 is 0 Å². The first-order valence-electron chi connectivity index (χ1n) is 8.22. The van der Waals surface area contributed by atoms with Crippen molar-refractivity contribution in [3.8, 4) is 0 Å². The first-order valence-corrected chi connectivity index (χ1v) is 8.22. The second-order valence-electron chi connectivity index (χ2n) is 6.12. The molecule has 1 aliphatic rings. The SMILES string of the molecule is CCCCC(CC)CNCC1CCCCC1CN. The molecule has 108 valence electrons. The van der Waals surface area contributed by atoms with Crippen LogP contribution in [0.25, 0.3) is 0 Å². The lowest BCUT2D eigenvalue weighted by atomic mass is 9.79. The number of unbranched alkanes of at least 4 members (excludes halogenated alkanes) is 1. The average molecular weight is 254 g/mol. The van der Waals surface area contributed by atoms with Crippen LogP contribution in [0, 0.1) is 17.8 Å². The molecule has 0 amide bonds. The minimum Gasteiger partial charge on any atom is -0.330 e. The maximum Gasteiger partial charge on any atom is -0.00173 e. The van der Waals surface area contributed by atoms with Crippen LogP contribution in [0.1, 0.15) is 65.2 Å². The molecule has 0 aromatic heterocycles. The Morgan fingerprint density at radius 1 is 1.17 bits per heavy atom. The molecule has 1 aliphatic carbocycles. The molecule has 0 aromatic rings. The van der Waals surface area contributed by atoms with Crippen LogP contribution >= 0.6 is 0 Å². The summed E-state index contributed by atoms with van der Waals surface area (Å²) >= 11 is 0. The first-order chi connectivity index (χ1) is 8.81. The topological polar surface area (TPSA) is 38.0 Å². The van der Waals surface area contributed by atoms with Crippen LogP contribution < -0.4 is 11.1 Å². The summed E-state index contributed by atoms with van der Waals surface area (Å²) in [5, 5.41) is 3.72. The van der Waals surface area contributed by atoms with Gasteiger partial charge in [0.05, 0.1) is 0 Å². The minimum atomic E-state index is 0.780. The van der Waals surface area contributed by atoms with Crippen LogP contribution in [0.15, 0.2) is 0 Å². The fourth-order valence-electron chi connectivity index (χ4n) is 3.28. The predicted octanol–water partition coefficient (Wildman–Crippen LogP) is 3.56. The smallest absolute Gasteiger partial charge is 0.00173 e. The fourth-order valence-corrected chi connectivity index (χ4v) is 3.28. The summed E-state index contributed by atoms with van der Waals surface area (Å²) in [5.74, 6) is 2.50. The monoisotopic (exact) mass is 254 g/mol. The van der Waals surface area contributed by atoms with Gasteiger partial charge in [-0.15, -0.1) is 0 Å². The molecule has 0 heterocycles. The Bertz CT molecular complexity index is 194. The quantitative estimate of drug-likeness (QED) is 0.660. The summed E-state index contributed by atoms with van der Waals surface area (Å²) in [6.45, 7) is 7.91. The van der Waals surface area contributed by atoms with E-state index in [1.807, 2.05) is 0 Å². The molecular formula is C16H34N2. The lowest BCUT2D eigenvalue weighted by Crippen LogP contribution is -2.36. The van der Waals surface area contributed by atoms with E-state index >= 15 is 0 Å². The zero-order chi connectivity index (χ0) is 13.2. The largest absolute Gasteiger partial charge is 0.330 e. The standard InChI is InChI=1S/C16H34N2/c1-3-5-8-14(4-2)12-18-13-16-10-7-6-9-15(16)11-17/h14-16,18H,3-13,17H2,1-2H3. The maximum atomic E-state index is 5.89. The van der Waals surface area contributed by atoms with Crippen molar-refractivity contribution < 1.29 is 0 Å². The molecule has 0 spiro atoms. The summed E-state index contributed by atoms with van der Waals surface area (Å²) < 4.78 is 0. The second kappa shape index (κ2) is 9.80. The van der Waals surface area contributed by atoms with E-state index in [1.54, 1.807) is 0 Å². The van der Waals surface area contributed by atoms with Gasteiger partial charge in [0.1, 0.15) is 0 Å². The molecule has 18 heavy (non-hydrogen) atoms. The Hall–Kier alpha value is -0.0800. The molecular weight excluding hydrogens is 220 g/mol. The zero-order valence-electron chi connectivity index (χ0n) is 12.6. The van der Waals surface area contributed by atoms with Crippen molar-refractivity contribution in [1.82, 2.24) is 5.32 Å². The normalized spacial score (nSPS) is 26.2. The molecule has 2 heteroatoms. The van der Waals surface area contributed by atoms with E-state index in [0.29, 0.717) is 0 Å². The minimum absolute atomic E-state index is 0.780. The van der Waals surface area contributed by atoms with Crippen LogP contribution in [0.2, 0.25) is 0 Å². The average Bonchev–Trinajstić information content (AvgIpc) is 2.43. The third-order valence-corrected chi connectivity index (χ3v) is 4.75. The van der Waals surface area contributed by atoms with Crippen molar-refractivity contribution >= 4 is 0 Å². The van der Waals surface area contributed by atoms with Gasteiger partial charge in [-0.3, -0.25) is 0 Å². The number of nitrogens with one attached hydrogen (secondary N) is 1. The van der Waals surface area contributed by atoms with Crippen molar-refractivity contribution in [3.63, 3.8) is 0 Å². The van der Waals surface area contributed by atoms with Crippen LogP contribution in [0.5, 0.6) is 0 Å². The molecule has 1 saturated carbocycles. The highest BCUT2D eigenvalue weighted by molar-refractivity contribution is 4.78. The molecule has 1 fully saturated rings. The Balaban J connectivity index is 2.18. The van der Waals surface area contributed by atoms with Crippen LogP contribution in [0.3, 0.4) is 0 Å². The first kappa shape index (κ1) is 16.0. The second-order valence-corrected chi connectivity index (χ2v) is 6.12. The summed E-state index contributed by atoms with van der Waals surface area (Å²) in [5.41, 5.74) is 5.89. The zero-order valence-corrected chi connectivity index (χ0v) is 12.6. The van der Waals surface area contributed by atoms with Gasteiger partial charge in [-0.05, 0) is 56.7 Å². The van der Waals surface area contributed by atoms with E-state index in [2.05, 4.69) is 19.2 Å². The van der Waals surface area contributed by atoms with Crippen LogP contribution in [0.4, 0.5) is 0 Å². The van der Waals surface area contributed by atoms with Gasteiger partial charge < -0.3 is 11.1 Å². The van der Waals surface area contributed by atoms with Gasteiger partial charge in [-0.1, -0.05) is 46.0 Å². The lowest BCUT2D eigenvalue weighted by molar-refractivity contribution is 0.231. The van der Waals surface area contributed by atoms with Gasteiger partial charge in [-0.2, -0.15) is 0 Å². The third kappa shape index (κ3) is 5.71. The molecule has 0 aromatic carbocycles. The van der Waals surface area contributed by atoms with Gasteiger partial charge in [0.25, 0.3) is 0 Å². The van der Waals surface area contributed by atoms with Gasteiger partial charge in [0, 0.05) is 0 Å². The Morgan fingerprint density at radius 2 is 1.89 bits per heavy atom. The van der Waals surface area contributed by atoms with E-state index in [-0.39, 0.29) is 0 Å². The van der Waals surface area contributed by atoms with Gasteiger partial charge in [0.2, 0.25) is 0 Å². The molecule has 3 unspecified atom stereocenters. The van der Waals surface area contributed by atoms with E-state index in [9.17, 15) is 0 Å². The van der Waals surface area contributed by atoms with Crippen molar-refractivity contribution in [2.75, 3.05) is 19.6 Å². The number of nitrogens with two attached hydrogens (primary N) is 1. The fraction of sp³-hybridized carbons (Fsp3) is 1.00. The number of hydrogen-bond donors (Lipinski definition) is 2. The molecule has 0 saturated heterocycles. The number of rotatable bonds is 9. The molecule has 0 aliphatic heterocycles. The summed E-state index contributed by atoms with van der Waals surface area (Å²) in [7, 11) is 0. The highest BCUT2D eigenvalue weighted by Gasteiger charge is 2.23. The van der Waals surface area contributed by atoms with Crippen molar-refractivity contribution in [2.24, 2.45) is 23.5 Å².